The molecule has 3 N–H and O–H groups in total. The minimum atomic E-state index is -4.60. The maximum Gasteiger partial charge on any atom is 0.390 e. The maximum atomic E-state index is 15.9. The van der Waals surface area contributed by atoms with Gasteiger partial charge in [-0.05, 0) is 88.1 Å². The third-order valence-electron chi connectivity index (χ3n) is 11.0. The molecule has 15 heteroatoms. The van der Waals surface area contributed by atoms with Gasteiger partial charge in [0.05, 0.1) is 18.2 Å². The number of amides is 3. The summed E-state index contributed by atoms with van der Waals surface area (Å²) in [6.07, 6.45) is -0.374. The zero-order chi connectivity index (χ0) is 38.0. The fraction of sp³-hybridized carbons (Fsp3) is 0.649. The average Bonchev–Trinajstić information content (AvgIpc) is 4.04. The smallest absolute Gasteiger partial charge is 0.339 e. The fourth-order valence-corrected chi connectivity index (χ4v) is 7.41. The molecule has 1 unspecified atom stereocenters. The van der Waals surface area contributed by atoms with Crippen molar-refractivity contribution >= 4 is 29.7 Å². The highest BCUT2D eigenvalue weighted by molar-refractivity contribution is 6.01. The van der Waals surface area contributed by atoms with Crippen molar-refractivity contribution in [3.05, 3.63) is 47.5 Å². The van der Waals surface area contributed by atoms with Crippen molar-refractivity contribution in [1.29, 1.82) is 0 Å². The van der Waals surface area contributed by atoms with Crippen LogP contribution in [-0.2, 0) is 20.9 Å². The SMILES string of the molecule is CCn1nccc1C(=O)N[C@H](C(=O)Nc1ccc([C@H](C)[C@@H](NCC(C)(C=O)CC(F)(F)F)C(=O)N2CCN(C)[C@H](C)C2)cc1F)C(C1CC1)C1CC1. The van der Waals surface area contributed by atoms with E-state index in [1.807, 2.05) is 20.9 Å². The molecule has 0 bridgehead atoms. The number of halogens is 4. The number of benzene rings is 1. The molecule has 1 saturated heterocycles. The first-order valence-corrected chi connectivity index (χ1v) is 18.2. The zero-order valence-corrected chi connectivity index (χ0v) is 30.5. The Kier molecular flexibility index (Phi) is 12.1. The summed E-state index contributed by atoms with van der Waals surface area (Å²) in [5.41, 5.74) is -1.23. The Hall–Kier alpha value is -3.85. The highest BCUT2D eigenvalue weighted by Gasteiger charge is 2.49. The van der Waals surface area contributed by atoms with Crippen molar-refractivity contribution in [2.24, 2.45) is 23.2 Å². The van der Waals surface area contributed by atoms with Crippen molar-refractivity contribution in [1.82, 2.24) is 30.2 Å². The number of piperazine rings is 1. The number of aldehydes is 1. The predicted octanol–water partition coefficient (Wildman–Crippen LogP) is 4.60. The van der Waals surface area contributed by atoms with Crippen molar-refractivity contribution in [3.8, 4) is 0 Å². The van der Waals surface area contributed by atoms with Gasteiger partial charge in [0, 0.05) is 56.3 Å². The highest BCUT2D eigenvalue weighted by Crippen LogP contribution is 2.51. The van der Waals surface area contributed by atoms with Gasteiger partial charge in [0.25, 0.3) is 5.91 Å². The Balaban J connectivity index is 1.36. The summed E-state index contributed by atoms with van der Waals surface area (Å²) >= 11 is 0. The van der Waals surface area contributed by atoms with Crippen LogP contribution in [0.15, 0.2) is 30.5 Å². The monoisotopic (exact) mass is 733 g/mol. The van der Waals surface area contributed by atoms with Crippen LogP contribution in [0, 0.1) is 29.0 Å². The minimum absolute atomic E-state index is 0.0429. The van der Waals surface area contributed by atoms with E-state index in [1.54, 1.807) is 28.6 Å². The van der Waals surface area contributed by atoms with E-state index in [4.69, 9.17) is 0 Å². The molecular weight excluding hydrogens is 682 g/mol. The Morgan fingerprint density at radius 3 is 2.29 bits per heavy atom. The van der Waals surface area contributed by atoms with Gasteiger partial charge >= 0.3 is 6.18 Å². The Bertz CT molecular complexity index is 1600. The normalized spacial score (nSPS) is 21.3. The Morgan fingerprint density at radius 1 is 1.06 bits per heavy atom. The van der Waals surface area contributed by atoms with E-state index in [0.29, 0.717) is 37.4 Å². The lowest BCUT2D eigenvalue weighted by molar-refractivity contribution is -0.160. The van der Waals surface area contributed by atoms with E-state index in [-0.39, 0.29) is 41.7 Å². The van der Waals surface area contributed by atoms with E-state index in [2.05, 4.69) is 25.9 Å². The number of hydrogen-bond donors (Lipinski definition) is 3. The van der Waals surface area contributed by atoms with E-state index >= 15 is 4.39 Å². The number of likely N-dealkylation sites (N-methyl/N-ethyl adjacent to an activating group) is 1. The maximum absolute atomic E-state index is 15.9. The van der Waals surface area contributed by atoms with Crippen LogP contribution < -0.4 is 16.0 Å². The summed E-state index contributed by atoms with van der Waals surface area (Å²) in [4.78, 5) is 56.8. The molecule has 2 aliphatic carbocycles. The Morgan fingerprint density at radius 2 is 1.73 bits per heavy atom. The first-order chi connectivity index (χ1) is 24.5. The molecule has 1 aliphatic heterocycles. The second-order valence-electron chi connectivity index (χ2n) is 15.3. The quantitative estimate of drug-likeness (QED) is 0.170. The number of nitrogens with zero attached hydrogens (tertiary/aromatic N) is 4. The lowest BCUT2D eigenvalue weighted by Gasteiger charge is -2.40. The van der Waals surface area contributed by atoms with Gasteiger partial charge in [-0.2, -0.15) is 18.3 Å². The van der Waals surface area contributed by atoms with Crippen molar-refractivity contribution in [2.75, 3.05) is 38.5 Å². The number of nitrogens with one attached hydrogen (secondary N) is 3. The number of carbonyl (C=O) groups is 4. The average molecular weight is 734 g/mol. The molecule has 1 aromatic heterocycles. The van der Waals surface area contributed by atoms with E-state index in [0.717, 1.165) is 25.7 Å². The largest absolute Gasteiger partial charge is 0.390 e. The van der Waals surface area contributed by atoms with Crippen molar-refractivity contribution < 1.29 is 36.7 Å². The van der Waals surface area contributed by atoms with Crippen molar-refractivity contribution in [2.45, 2.75) is 96.6 Å². The molecule has 5 rings (SSSR count). The second-order valence-corrected chi connectivity index (χ2v) is 15.3. The standard InChI is InChI=1S/C37H51F4N7O4/c1-6-48-29(13-14-43-48)33(50)45-32(30(24-7-8-24)25-9-10-25)34(51)44-28-12-11-26(17-27(28)38)23(3)31(35(52)47-16-15-46(5)22(2)18-47)42-20-36(4,21-49)19-37(39,40)41/h11-14,17,21-25,30-32,42H,6-10,15-16,18-20H2,1-5H3,(H,44,51)(H,45,50)/t22-,23+,31-,32+,36?/m1/s1. The molecule has 52 heavy (non-hydrogen) atoms. The van der Waals surface area contributed by atoms with Gasteiger partial charge in [-0.15, -0.1) is 0 Å². The summed E-state index contributed by atoms with van der Waals surface area (Å²) in [5, 5.41) is 12.7. The molecule has 3 fully saturated rings. The molecule has 0 radical (unpaired) electrons. The molecule has 286 valence electrons. The van der Waals surface area contributed by atoms with Gasteiger partial charge in [0.1, 0.15) is 23.8 Å². The van der Waals surface area contributed by atoms with Gasteiger partial charge in [-0.25, -0.2) is 4.39 Å². The van der Waals surface area contributed by atoms with Crippen LogP contribution in [0.4, 0.5) is 23.2 Å². The molecule has 3 amide bonds. The zero-order valence-electron chi connectivity index (χ0n) is 30.5. The lowest BCUT2D eigenvalue weighted by Crippen LogP contribution is -2.58. The summed E-state index contributed by atoms with van der Waals surface area (Å²) in [7, 11) is 1.94. The molecule has 11 nitrogen and oxygen atoms in total. The number of anilines is 1. The van der Waals surface area contributed by atoms with Crippen LogP contribution >= 0.6 is 0 Å². The van der Waals surface area contributed by atoms with Gasteiger partial charge < -0.3 is 30.5 Å². The van der Waals surface area contributed by atoms with E-state index in [1.165, 1.54) is 25.3 Å². The van der Waals surface area contributed by atoms with Gasteiger partial charge in [-0.1, -0.05) is 19.9 Å². The number of aromatic nitrogens is 2. The number of carbonyl (C=O) groups excluding carboxylic acids is 4. The first-order valence-electron chi connectivity index (χ1n) is 18.2. The molecule has 1 aromatic carbocycles. The molecule has 5 atom stereocenters. The Labute approximate surface area is 302 Å². The molecule has 3 aliphatic rings. The summed E-state index contributed by atoms with van der Waals surface area (Å²) in [6.45, 7) is 8.13. The molecule has 2 saturated carbocycles. The van der Waals surface area contributed by atoms with Crippen LogP contribution in [0.3, 0.4) is 0 Å². The number of rotatable bonds is 16. The van der Waals surface area contributed by atoms with Gasteiger partial charge in [0.2, 0.25) is 11.8 Å². The topological polar surface area (TPSA) is 129 Å². The predicted molar refractivity (Wildman–Crippen MR) is 187 cm³/mol. The number of aryl methyl sites for hydroxylation is 1. The second kappa shape index (κ2) is 16.0. The molecular formula is C37H51F4N7O4. The van der Waals surface area contributed by atoms with Crippen LogP contribution in [0.25, 0.3) is 0 Å². The highest BCUT2D eigenvalue weighted by atomic mass is 19.4. The minimum Gasteiger partial charge on any atom is -0.339 e. The molecule has 2 aromatic rings. The third-order valence-corrected chi connectivity index (χ3v) is 11.0. The number of hydrogen-bond acceptors (Lipinski definition) is 7. The van der Waals surface area contributed by atoms with E-state index in [9.17, 15) is 32.3 Å². The first kappa shape index (κ1) is 39.4. The van der Waals surface area contributed by atoms with E-state index < -0.39 is 60.2 Å². The van der Waals surface area contributed by atoms with Crippen LogP contribution in [0.5, 0.6) is 0 Å². The molecule has 2 heterocycles. The van der Waals surface area contributed by atoms with Crippen LogP contribution in [0.1, 0.15) is 81.8 Å². The van der Waals surface area contributed by atoms with Crippen LogP contribution in [-0.4, -0.2) is 101 Å². The molecule has 0 spiro atoms. The summed E-state index contributed by atoms with van der Waals surface area (Å²) in [5.74, 6) is -2.34. The van der Waals surface area contributed by atoms with Gasteiger partial charge in [0.15, 0.2) is 0 Å². The van der Waals surface area contributed by atoms with Crippen molar-refractivity contribution in [3.63, 3.8) is 0 Å². The van der Waals surface area contributed by atoms with Crippen LogP contribution in [0.2, 0.25) is 0 Å². The summed E-state index contributed by atoms with van der Waals surface area (Å²) < 4.78 is 57.5. The van der Waals surface area contributed by atoms with Gasteiger partial charge in [-0.3, -0.25) is 19.1 Å². The number of alkyl halides is 3. The lowest BCUT2D eigenvalue weighted by atomic mass is 9.86. The fourth-order valence-electron chi connectivity index (χ4n) is 7.41. The summed E-state index contributed by atoms with van der Waals surface area (Å²) in [6, 6.07) is 3.83. The third kappa shape index (κ3) is 9.57.